The lowest BCUT2D eigenvalue weighted by Crippen LogP contribution is -2.13. The lowest BCUT2D eigenvalue weighted by Gasteiger charge is -2.27. The highest BCUT2D eigenvalue weighted by Gasteiger charge is 2.25. The van der Waals surface area contributed by atoms with Crippen LogP contribution in [0.4, 0.5) is 8.78 Å². The lowest BCUT2D eigenvalue weighted by atomic mass is 9.84. The van der Waals surface area contributed by atoms with Gasteiger partial charge in [-0.1, -0.05) is 35.2 Å². The van der Waals surface area contributed by atoms with E-state index in [2.05, 4.69) is 15.9 Å². The SMILES string of the molecule is Cc1cc(C(Br)C2CCCCC2)c(F)cc1F. The van der Waals surface area contributed by atoms with E-state index in [9.17, 15) is 8.78 Å². The highest BCUT2D eigenvalue weighted by atomic mass is 79.9. The molecular weight excluding hydrogens is 286 g/mol. The molecule has 3 heteroatoms. The van der Waals surface area contributed by atoms with Gasteiger partial charge < -0.3 is 0 Å². The zero-order chi connectivity index (χ0) is 12.4. The highest BCUT2D eigenvalue weighted by Crippen LogP contribution is 2.41. The standard InChI is InChI=1S/C14H17BrF2/c1-9-7-11(13(17)8-12(9)16)14(15)10-5-3-2-4-6-10/h7-8,10,14H,2-6H2,1H3. The van der Waals surface area contributed by atoms with E-state index in [1.165, 1.54) is 19.3 Å². The van der Waals surface area contributed by atoms with Gasteiger partial charge in [0.1, 0.15) is 11.6 Å². The molecule has 1 saturated carbocycles. The summed E-state index contributed by atoms with van der Waals surface area (Å²) in [5.74, 6) is -0.418. The van der Waals surface area contributed by atoms with Crippen LogP contribution in [0.15, 0.2) is 12.1 Å². The van der Waals surface area contributed by atoms with Crippen LogP contribution in [-0.2, 0) is 0 Å². The molecule has 1 aliphatic carbocycles. The summed E-state index contributed by atoms with van der Waals surface area (Å²) in [6.45, 7) is 1.68. The smallest absolute Gasteiger partial charge is 0.130 e. The average Bonchev–Trinajstić information content (AvgIpc) is 2.34. The summed E-state index contributed by atoms with van der Waals surface area (Å²) in [5.41, 5.74) is 1.12. The number of hydrogen-bond acceptors (Lipinski definition) is 0. The third-order valence-corrected chi connectivity index (χ3v) is 4.88. The van der Waals surface area contributed by atoms with E-state index in [0.29, 0.717) is 17.0 Å². The molecule has 0 bridgehead atoms. The van der Waals surface area contributed by atoms with Crippen molar-refractivity contribution in [3.8, 4) is 0 Å². The minimum atomic E-state index is -0.463. The van der Waals surface area contributed by atoms with Crippen LogP contribution in [0.5, 0.6) is 0 Å². The number of aryl methyl sites for hydroxylation is 1. The first-order valence-electron chi connectivity index (χ1n) is 6.19. The van der Waals surface area contributed by atoms with Crippen molar-refractivity contribution in [3.63, 3.8) is 0 Å². The Bertz CT molecular complexity index is 397. The first-order chi connectivity index (χ1) is 8.09. The van der Waals surface area contributed by atoms with Gasteiger partial charge in [-0.2, -0.15) is 0 Å². The van der Waals surface area contributed by atoms with E-state index in [-0.39, 0.29) is 4.83 Å². The summed E-state index contributed by atoms with van der Waals surface area (Å²) in [4.78, 5) is 0.0158. The van der Waals surface area contributed by atoms with Crippen molar-refractivity contribution in [2.75, 3.05) is 0 Å². The van der Waals surface area contributed by atoms with Crippen molar-refractivity contribution in [1.82, 2.24) is 0 Å². The number of benzene rings is 1. The van der Waals surface area contributed by atoms with E-state index in [1.807, 2.05) is 0 Å². The molecule has 94 valence electrons. The third-order valence-electron chi connectivity index (χ3n) is 3.64. The predicted molar refractivity (Wildman–Crippen MR) is 69.3 cm³/mol. The van der Waals surface area contributed by atoms with Crippen molar-refractivity contribution in [1.29, 1.82) is 0 Å². The Morgan fingerprint density at radius 1 is 1.12 bits per heavy atom. The van der Waals surface area contributed by atoms with E-state index < -0.39 is 11.6 Å². The van der Waals surface area contributed by atoms with Crippen molar-refractivity contribution >= 4 is 15.9 Å². The fourth-order valence-corrected chi connectivity index (χ4v) is 3.45. The molecule has 1 atom stereocenters. The Morgan fingerprint density at radius 3 is 2.41 bits per heavy atom. The van der Waals surface area contributed by atoms with E-state index in [4.69, 9.17) is 0 Å². The van der Waals surface area contributed by atoms with Gasteiger partial charge in [-0.25, -0.2) is 8.78 Å². The van der Waals surface area contributed by atoms with Gasteiger partial charge in [0.2, 0.25) is 0 Å². The summed E-state index contributed by atoms with van der Waals surface area (Å²) < 4.78 is 27.0. The lowest BCUT2D eigenvalue weighted by molar-refractivity contribution is 0.350. The van der Waals surface area contributed by atoms with Crippen LogP contribution in [0.25, 0.3) is 0 Å². The van der Waals surface area contributed by atoms with Crippen molar-refractivity contribution in [2.45, 2.75) is 43.9 Å². The third kappa shape index (κ3) is 2.87. The van der Waals surface area contributed by atoms with Crippen LogP contribution >= 0.6 is 15.9 Å². The van der Waals surface area contributed by atoms with Crippen molar-refractivity contribution < 1.29 is 8.78 Å². The van der Waals surface area contributed by atoms with Crippen LogP contribution in [0.3, 0.4) is 0 Å². The molecule has 1 aromatic rings. The molecule has 1 aromatic carbocycles. The highest BCUT2D eigenvalue weighted by molar-refractivity contribution is 9.09. The van der Waals surface area contributed by atoms with Gasteiger partial charge >= 0.3 is 0 Å². The summed E-state index contributed by atoms with van der Waals surface area (Å²) in [7, 11) is 0. The van der Waals surface area contributed by atoms with Gasteiger partial charge in [-0.05, 0) is 37.3 Å². The average molecular weight is 303 g/mol. The second-order valence-electron chi connectivity index (χ2n) is 4.92. The molecule has 0 radical (unpaired) electrons. The molecule has 1 unspecified atom stereocenters. The maximum atomic E-state index is 13.8. The Balaban J connectivity index is 2.23. The topological polar surface area (TPSA) is 0 Å². The molecule has 1 fully saturated rings. The Labute approximate surface area is 110 Å². The second kappa shape index (κ2) is 5.47. The zero-order valence-electron chi connectivity index (χ0n) is 9.98. The quantitative estimate of drug-likeness (QED) is 0.651. The molecule has 0 aliphatic heterocycles. The van der Waals surface area contributed by atoms with Gasteiger partial charge in [-0.15, -0.1) is 0 Å². The fourth-order valence-electron chi connectivity index (χ4n) is 2.57. The van der Waals surface area contributed by atoms with Crippen LogP contribution in [0.2, 0.25) is 0 Å². The molecular formula is C14H17BrF2. The Kier molecular flexibility index (Phi) is 4.18. The van der Waals surface area contributed by atoms with Crippen molar-refractivity contribution in [2.24, 2.45) is 5.92 Å². The summed E-state index contributed by atoms with van der Waals surface area (Å²) in [6.07, 6.45) is 5.97. The Hall–Kier alpha value is -0.440. The predicted octanol–water partition coefficient (Wildman–Crippen LogP) is 5.29. The fraction of sp³-hybridized carbons (Fsp3) is 0.571. The van der Waals surface area contributed by atoms with E-state index >= 15 is 0 Å². The molecule has 0 spiro atoms. The zero-order valence-corrected chi connectivity index (χ0v) is 11.6. The molecule has 0 saturated heterocycles. The first-order valence-corrected chi connectivity index (χ1v) is 7.11. The van der Waals surface area contributed by atoms with Crippen LogP contribution in [-0.4, -0.2) is 0 Å². The first kappa shape index (κ1) is 13.0. The minimum absolute atomic E-state index is 0.0158. The largest absolute Gasteiger partial charge is 0.207 e. The second-order valence-corrected chi connectivity index (χ2v) is 5.91. The molecule has 0 N–H and O–H groups in total. The summed E-state index contributed by atoms with van der Waals surface area (Å²) >= 11 is 3.59. The molecule has 0 nitrogen and oxygen atoms in total. The number of hydrogen-bond donors (Lipinski definition) is 0. The molecule has 0 heterocycles. The maximum absolute atomic E-state index is 13.8. The number of alkyl halides is 1. The van der Waals surface area contributed by atoms with Gasteiger partial charge in [0.05, 0.1) is 0 Å². The molecule has 0 aromatic heterocycles. The summed E-state index contributed by atoms with van der Waals surface area (Å²) in [6, 6.07) is 2.64. The molecule has 17 heavy (non-hydrogen) atoms. The minimum Gasteiger partial charge on any atom is -0.207 e. The number of rotatable bonds is 2. The van der Waals surface area contributed by atoms with E-state index in [1.54, 1.807) is 13.0 Å². The molecule has 0 amide bonds. The summed E-state index contributed by atoms with van der Waals surface area (Å²) in [5, 5.41) is 0. The maximum Gasteiger partial charge on any atom is 0.130 e. The van der Waals surface area contributed by atoms with Crippen LogP contribution < -0.4 is 0 Å². The normalized spacial score (nSPS) is 19.3. The molecule has 1 aliphatic rings. The van der Waals surface area contributed by atoms with Crippen LogP contribution in [0.1, 0.15) is 48.1 Å². The molecule has 2 rings (SSSR count). The number of halogens is 3. The van der Waals surface area contributed by atoms with Gasteiger partial charge in [0, 0.05) is 16.5 Å². The van der Waals surface area contributed by atoms with Crippen molar-refractivity contribution in [3.05, 3.63) is 34.9 Å². The van der Waals surface area contributed by atoms with Gasteiger partial charge in [0.15, 0.2) is 0 Å². The monoisotopic (exact) mass is 302 g/mol. The Morgan fingerprint density at radius 2 is 1.76 bits per heavy atom. The van der Waals surface area contributed by atoms with Crippen LogP contribution in [0, 0.1) is 24.5 Å². The van der Waals surface area contributed by atoms with Gasteiger partial charge in [-0.3, -0.25) is 0 Å². The van der Waals surface area contributed by atoms with Gasteiger partial charge in [0.25, 0.3) is 0 Å². The van der Waals surface area contributed by atoms with E-state index in [0.717, 1.165) is 18.9 Å².